The minimum absolute atomic E-state index is 0.0751. The highest BCUT2D eigenvalue weighted by Crippen LogP contribution is 2.18. The molecule has 1 aromatic heterocycles. The molecule has 1 unspecified atom stereocenters. The van der Waals surface area contributed by atoms with Crippen molar-refractivity contribution in [3.8, 4) is 0 Å². The van der Waals surface area contributed by atoms with Crippen LogP contribution >= 0.6 is 15.9 Å². The molecule has 5 nitrogen and oxygen atoms in total. The van der Waals surface area contributed by atoms with E-state index >= 15 is 0 Å². The van der Waals surface area contributed by atoms with Crippen molar-refractivity contribution < 1.29 is 4.74 Å². The Morgan fingerprint density at radius 3 is 3.33 bits per heavy atom. The van der Waals surface area contributed by atoms with Crippen molar-refractivity contribution in [2.45, 2.75) is 19.3 Å². The zero-order chi connectivity index (χ0) is 8.55. The first-order valence-electron chi connectivity index (χ1n) is 3.71. The van der Waals surface area contributed by atoms with Gasteiger partial charge >= 0.3 is 0 Å². The van der Waals surface area contributed by atoms with Crippen LogP contribution in [0.25, 0.3) is 0 Å². The topological polar surface area (TPSA) is 66.0 Å². The molecule has 12 heavy (non-hydrogen) atoms. The molecule has 0 spiro atoms. The molecule has 6 heteroatoms. The third-order valence-electron chi connectivity index (χ3n) is 1.89. The van der Waals surface area contributed by atoms with Crippen molar-refractivity contribution in [2.75, 3.05) is 6.54 Å². The minimum Gasteiger partial charge on any atom is -0.369 e. The average molecular weight is 233 g/mol. The SMILES string of the molecule is NCC1Cn2nnc(Br)c2CO1. The first-order valence-corrected chi connectivity index (χ1v) is 4.50. The maximum atomic E-state index is 5.47. The molecule has 1 atom stereocenters. The van der Waals surface area contributed by atoms with E-state index in [4.69, 9.17) is 10.5 Å². The molecule has 0 fully saturated rings. The van der Waals surface area contributed by atoms with E-state index in [1.807, 2.05) is 4.68 Å². The molecular weight excluding hydrogens is 224 g/mol. The standard InChI is InChI=1S/C6H9BrN4O/c7-6-5-3-12-4(1-8)2-11(5)10-9-6/h4H,1-3,8H2. The predicted molar refractivity (Wildman–Crippen MR) is 45.4 cm³/mol. The zero-order valence-corrected chi connectivity index (χ0v) is 7.99. The average Bonchev–Trinajstić information content (AvgIpc) is 2.47. The van der Waals surface area contributed by atoms with Crippen molar-refractivity contribution in [3.05, 3.63) is 10.3 Å². The van der Waals surface area contributed by atoms with Crippen LogP contribution in [0.2, 0.25) is 0 Å². The van der Waals surface area contributed by atoms with E-state index in [2.05, 4.69) is 26.2 Å². The van der Waals surface area contributed by atoms with E-state index < -0.39 is 0 Å². The molecule has 2 N–H and O–H groups in total. The van der Waals surface area contributed by atoms with Gasteiger partial charge in [0.2, 0.25) is 0 Å². The molecule has 1 aromatic rings. The maximum Gasteiger partial charge on any atom is 0.153 e. The molecule has 66 valence electrons. The van der Waals surface area contributed by atoms with Gasteiger partial charge in [0.25, 0.3) is 0 Å². The van der Waals surface area contributed by atoms with Crippen LogP contribution in [-0.4, -0.2) is 27.6 Å². The van der Waals surface area contributed by atoms with Crippen molar-refractivity contribution in [1.82, 2.24) is 15.0 Å². The van der Waals surface area contributed by atoms with Crippen LogP contribution in [0.5, 0.6) is 0 Å². The Balaban J connectivity index is 2.24. The normalized spacial score (nSPS) is 22.3. The van der Waals surface area contributed by atoms with Crippen LogP contribution in [0, 0.1) is 0 Å². The lowest BCUT2D eigenvalue weighted by molar-refractivity contribution is 0.00576. The first kappa shape index (κ1) is 8.15. The summed E-state index contributed by atoms with van der Waals surface area (Å²) in [6, 6.07) is 0. The highest BCUT2D eigenvalue weighted by atomic mass is 79.9. The minimum atomic E-state index is 0.0751. The molecule has 0 saturated carbocycles. The molecule has 0 radical (unpaired) electrons. The molecule has 0 saturated heterocycles. The first-order chi connectivity index (χ1) is 5.81. The van der Waals surface area contributed by atoms with E-state index in [9.17, 15) is 0 Å². The largest absolute Gasteiger partial charge is 0.369 e. The van der Waals surface area contributed by atoms with Gasteiger partial charge in [-0.3, -0.25) is 0 Å². The number of nitrogens with zero attached hydrogens (tertiary/aromatic N) is 3. The second-order valence-electron chi connectivity index (χ2n) is 2.68. The number of hydrogen-bond donors (Lipinski definition) is 1. The summed E-state index contributed by atoms with van der Waals surface area (Å²) in [6.45, 7) is 1.76. The van der Waals surface area contributed by atoms with Gasteiger partial charge in [-0.15, -0.1) is 5.10 Å². The van der Waals surface area contributed by atoms with Crippen molar-refractivity contribution in [3.63, 3.8) is 0 Å². The number of nitrogens with two attached hydrogens (primary N) is 1. The number of rotatable bonds is 1. The molecule has 1 aliphatic rings. The van der Waals surface area contributed by atoms with E-state index in [0.717, 1.165) is 10.3 Å². The lowest BCUT2D eigenvalue weighted by atomic mass is 10.3. The van der Waals surface area contributed by atoms with Gasteiger partial charge in [-0.2, -0.15) is 0 Å². The Morgan fingerprint density at radius 1 is 1.75 bits per heavy atom. The summed E-state index contributed by atoms with van der Waals surface area (Å²) in [7, 11) is 0. The van der Waals surface area contributed by atoms with E-state index in [-0.39, 0.29) is 6.10 Å². The second kappa shape index (κ2) is 3.12. The molecule has 0 amide bonds. The summed E-state index contributed by atoms with van der Waals surface area (Å²) in [5.41, 5.74) is 6.45. The van der Waals surface area contributed by atoms with Crippen LogP contribution in [0.3, 0.4) is 0 Å². The highest BCUT2D eigenvalue weighted by molar-refractivity contribution is 9.10. The van der Waals surface area contributed by atoms with Crippen LogP contribution in [-0.2, 0) is 17.9 Å². The molecule has 0 aromatic carbocycles. The zero-order valence-electron chi connectivity index (χ0n) is 6.40. The van der Waals surface area contributed by atoms with Gasteiger partial charge in [0.1, 0.15) is 0 Å². The quantitative estimate of drug-likeness (QED) is 0.735. The summed E-state index contributed by atoms with van der Waals surface area (Å²) >= 11 is 3.29. The number of halogens is 1. The molecule has 0 aliphatic carbocycles. The third kappa shape index (κ3) is 1.26. The smallest absolute Gasteiger partial charge is 0.153 e. The van der Waals surface area contributed by atoms with E-state index in [1.54, 1.807) is 0 Å². The molecular formula is C6H9BrN4O. The lowest BCUT2D eigenvalue weighted by Gasteiger charge is -2.21. The van der Waals surface area contributed by atoms with Crippen molar-refractivity contribution in [1.29, 1.82) is 0 Å². The maximum absolute atomic E-state index is 5.47. The van der Waals surface area contributed by atoms with Crippen LogP contribution in [0.1, 0.15) is 5.69 Å². The predicted octanol–water partition coefficient (Wildman–Crippen LogP) is -0.102. The van der Waals surface area contributed by atoms with Gasteiger partial charge in [-0.25, -0.2) is 4.68 Å². The van der Waals surface area contributed by atoms with Gasteiger partial charge in [0.05, 0.1) is 24.9 Å². The summed E-state index contributed by atoms with van der Waals surface area (Å²) in [5, 5.41) is 7.81. The van der Waals surface area contributed by atoms with Crippen molar-refractivity contribution >= 4 is 15.9 Å². The third-order valence-corrected chi connectivity index (χ3v) is 2.50. The van der Waals surface area contributed by atoms with Gasteiger partial charge in [-0.1, -0.05) is 5.21 Å². The number of aromatic nitrogens is 3. The van der Waals surface area contributed by atoms with Gasteiger partial charge in [0.15, 0.2) is 4.60 Å². The summed E-state index contributed by atoms with van der Waals surface area (Å²) in [6.07, 6.45) is 0.0751. The summed E-state index contributed by atoms with van der Waals surface area (Å²) in [4.78, 5) is 0. The Morgan fingerprint density at radius 2 is 2.58 bits per heavy atom. The summed E-state index contributed by atoms with van der Waals surface area (Å²) < 4.78 is 8.02. The van der Waals surface area contributed by atoms with E-state index in [0.29, 0.717) is 19.7 Å². The Kier molecular flexibility index (Phi) is 2.12. The van der Waals surface area contributed by atoms with Crippen LogP contribution in [0.15, 0.2) is 4.60 Å². The fourth-order valence-electron chi connectivity index (χ4n) is 1.18. The Labute approximate surface area is 78.0 Å². The highest BCUT2D eigenvalue weighted by Gasteiger charge is 2.21. The van der Waals surface area contributed by atoms with Crippen LogP contribution < -0.4 is 5.73 Å². The Hall–Kier alpha value is -0.460. The number of hydrogen-bond acceptors (Lipinski definition) is 4. The van der Waals surface area contributed by atoms with Gasteiger partial charge in [0, 0.05) is 6.54 Å². The van der Waals surface area contributed by atoms with Crippen LogP contribution in [0.4, 0.5) is 0 Å². The van der Waals surface area contributed by atoms with Gasteiger partial charge in [-0.05, 0) is 15.9 Å². The fraction of sp³-hybridized carbons (Fsp3) is 0.667. The lowest BCUT2D eigenvalue weighted by Crippen LogP contribution is -2.33. The molecule has 2 heterocycles. The fourth-order valence-corrected chi connectivity index (χ4v) is 1.57. The van der Waals surface area contributed by atoms with Crippen molar-refractivity contribution in [2.24, 2.45) is 5.73 Å². The monoisotopic (exact) mass is 232 g/mol. The molecule has 2 rings (SSSR count). The Bertz CT molecular complexity index is 287. The summed E-state index contributed by atoms with van der Waals surface area (Å²) in [5.74, 6) is 0. The number of fused-ring (bicyclic) bond motifs is 1. The second-order valence-corrected chi connectivity index (χ2v) is 3.43. The molecule has 0 bridgehead atoms. The van der Waals surface area contributed by atoms with E-state index in [1.165, 1.54) is 0 Å². The number of ether oxygens (including phenoxy) is 1. The molecule has 1 aliphatic heterocycles. The van der Waals surface area contributed by atoms with Gasteiger partial charge < -0.3 is 10.5 Å².